The zero-order chi connectivity index (χ0) is 10.9. The SMILES string of the molecule is CC(F)(CN)C1CCOC2(CCCC2)C1. The van der Waals surface area contributed by atoms with Crippen LogP contribution in [-0.4, -0.2) is 24.4 Å². The fourth-order valence-electron chi connectivity index (χ4n) is 3.08. The molecule has 2 fully saturated rings. The van der Waals surface area contributed by atoms with E-state index in [1.165, 1.54) is 12.8 Å². The Morgan fingerprint density at radius 2 is 2.13 bits per heavy atom. The highest BCUT2D eigenvalue weighted by Crippen LogP contribution is 2.45. The van der Waals surface area contributed by atoms with E-state index in [-0.39, 0.29) is 18.1 Å². The van der Waals surface area contributed by atoms with Crippen LogP contribution in [0.25, 0.3) is 0 Å². The number of hydrogen-bond donors (Lipinski definition) is 1. The maximum absolute atomic E-state index is 14.2. The molecule has 0 radical (unpaired) electrons. The van der Waals surface area contributed by atoms with Gasteiger partial charge in [0.15, 0.2) is 0 Å². The summed E-state index contributed by atoms with van der Waals surface area (Å²) in [7, 11) is 0. The average Bonchev–Trinajstić information content (AvgIpc) is 2.66. The summed E-state index contributed by atoms with van der Waals surface area (Å²) in [6.45, 7) is 2.49. The van der Waals surface area contributed by atoms with Crippen molar-refractivity contribution in [2.45, 2.75) is 56.7 Å². The van der Waals surface area contributed by atoms with Crippen molar-refractivity contribution in [2.75, 3.05) is 13.2 Å². The molecule has 0 aromatic carbocycles. The van der Waals surface area contributed by atoms with Crippen molar-refractivity contribution in [2.24, 2.45) is 11.7 Å². The van der Waals surface area contributed by atoms with Crippen molar-refractivity contribution in [3.05, 3.63) is 0 Å². The summed E-state index contributed by atoms with van der Waals surface area (Å²) in [6.07, 6.45) is 6.40. The second-order valence-electron chi connectivity index (χ2n) is 5.41. The van der Waals surface area contributed by atoms with Gasteiger partial charge in [0.1, 0.15) is 5.67 Å². The van der Waals surface area contributed by atoms with E-state index in [2.05, 4.69) is 0 Å². The van der Waals surface area contributed by atoms with Crippen molar-refractivity contribution >= 4 is 0 Å². The first-order chi connectivity index (χ1) is 7.08. The fraction of sp³-hybridized carbons (Fsp3) is 1.00. The number of ether oxygens (including phenoxy) is 1. The molecule has 2 rings (SSSR count). The summed E-state index contributed by atoms with van der Waals surface area (Å²) in [5.41, 5.74) is 4.30. The third-order valence-electron chi connectivity index (χ3n) is 4.26. The molecule has 1 aliphatic heterocycles. The Balaban J connectivity index is 2.03. The van der Waals surface area contributed by atoms with Crippen LogP contribution in [0.3, 0.4) is 0 Å². The van der Waals surface area contributed by atoms with E-state index in [1.807, 2.05) is 0 Å². The minimum absolute atomic E-state index is 0.00539. The zero-order valence-corrected chi connectivity index (χ0v) is 9.60. The van der Waals surface area contributed by atoms with Crippen LogP contribution in [0.1, 0.15) is 45.4 Å². The molecule has 1 aliphatic carbocycles. The number of halogens is 1. The first kappa shape index (κ1) is 11.3. The molecule has 2 unspecified atom stereocenters. The van der Waals surface area contributed by atoms with Gasteiger partial charge in [0, 0.05) is 13.2 Å². The summed E-state index contributed by atoms with van der Waals surface area (Å²) < 4.78 is 20.0. The molecule has 1 saturated heterocycles. The van der Waals surface area contributed by atoms with Gasteiger partial charge in [0.05, 0.1) is 5.60 Å². The smallest absolute Gasteiger partial charge is 0.123 e. The van der Waals surface area contributed by atoms with Gasteiger partial charge in [-0.1, -0.05) is 12.8 Å². The summed E-state index contributed by atoms with van der Waals surface area (Å²) in [4.78, 5) is 0. The molecule has 0 bridgehead atoms. The van der Waals surface area contributed by atoms with Crippen molar-refractivity contribution in [3.8, 4) is 0 Å². The first-order valence-electron chi connectivity index (χ1n) is 6.11. The summed E-state index contributed by atoms with van der Waals surface area (Å²) in [6, 6.07) is 0. The number of hydrogen-bond acceptors (Lipinski definition) is 2. The fourth-order valence-corrected chi connectivity index (χ4v) is 3.08. The first-order valence-corrected chi connectivity index (χ1v) is 6.11. The average molecular weight is 215 g/mol. The van der Waals surface area contributed by atoms with Gasteiger partial charge >= 0.3 is 0 Å². The highest BCUT2D eigenvalue weighted by Gasteiger charge is 2.45. The Hall–Kier alpha value is -0.150. The van der Waals surface area contributed by atoms with Gasteiger partial charge in [-0.2, -0.15) is 0 Å². The molecule has 0 aromatic heterocycles. The summed E-state index contributed by atoms with van der Waals surface area (Å²) >= 11 is 0. The van der Waals surface area contributed by atoms with Gasteiger partial charge in [0.2, 0.25) is 0 Å². The van der Waals surface area contributed by atoms with Gasteiger partial charge < -0.3 is 10.5 Å². The van der Waals surface area contributed by atoms with Crippen LogP contribution in [-0.2, 0) is 4.74 Å². The van der Waals surface area contributed by atoms with Crippen molar-refractivity contribution < 1.29 is 9.13 Å². The predicted molar refractivity (Wildman–Crippen MR) is 58.4 cm³/mol. The van der Waals surface area contributed by atoms with Gasteiger partial charge in [0.25, 0.3) is 0 Å². The molecule has 2 atom stereocenters. The van der Waals surface area contributed by atoms with Crippen LogP contribution in [0.15, 0.2) is 0 Å². The number of alkyl halides is 1. The van der Waals surface area contributed by atoms with Crippen molar-refractivity contribution in [1.82, 2.24) is 0 Å². The molecule has 3 heteroatoms. The Morgan fingerprint density at radius 3 is 2.73 bits per heavy atom. The van der Waals surface area contributed by atoms with Gasteiger partial charge in [-0.15, -0.1) is 0 Å². The Kier molecular flexibility index (Phi) is 3.04. The summed E-state index contributed by atoms with van der Waals surface area (Å²) in [5, 5.41) is 0. The van der Waals surface area contributed by atoms with E-state index in [0.29, 0.717) is 6.61 Å². The molecule has 0 amide bonds. The zero-order valence-electron chi connectivity index (χ0n) is 9.60. The van der Waals surface area contributed by atoms with E-state index in [1.54, 1.807) is 6.92 Å². The lowest BCUT2D eigenvalue weighted by molar-refractivity contribution is -0.117. The highest BCUT2D eigenvalue weighted by molar-refractivity contribution is 4.96. The van der Waals surface area contributed by atoms with Gasteiger partial charge in [-0.25, -0.2) is 4.39 Å². The van der Waals surface area contributed by atoms with E-state index in [0.717, 1.165) is 25.7 Å². The Labute approximate surface area is 91.4 Å². The lowest BCUT2D eigenvalue weighted by atomic mass is 9.77. The molecule has 2 aliphatic rings. The van der Waals surface area contributed by atoms with Crippen LogP contribution in [0.4, 0.5) is 4.39 Å². The standard InChI is InChI=1S/C12H22FNO/c1-11(13,9-14)10-4-7-15-12(8-10)5-2-3-6-12/h10H,2-9,14H2,1H3. The third-order valence-corrected chi connectivity index (χ3v) is 4.26. The maximum Gasteiger partial charge on any atom is 0.123 e. The minimum atomic E-state index is -1.21. The molecular formula is C12H22FNO. The molecule has 15 heavy (non-hydrogen) atoms. The quantitative estimate of drug-likeness (QED) is 0.767. The highest BCUT2D eigenvalue weighted by atomic mass is 19.1. The van der Waals surface area contributed by atoms with E-state index in [9.17, 15) is 4.39 Å². The molecule has 1 saturated carbocycles. The number of nitrogens with two attached hydrogens (primary N) is 1. The van der Waals surface area contributed by atoms with Gasteiger partial charge in [-0.05, 0) is 38.5 Å². The summed E-state index contributed by atoms with van der Waals surface area (Å²) in [5.74, 6) is 0.0920. The lowest BCUT2D eigenvalue weighted by Gasteiger charge is -2.42. The topological polar surface area (TPSA) is 35.2 Å². The van der Waals surface area contributed by atoms with Crippen LogP contribution < -0.4 is 5.73 Å². The molecule has 1 spiro atoms. The second kappa shape index (κ2) is 4.02. The Bertz CT molecular complexity index is 224. The molecule has 2 nitrogen and oxygen atoms in total. The monoisotopic (exact) mass is 215 g/mol. The third kappa shape index (κ3) is 2.18. The lowest BCUT2D eigenvalue weighted by Crippen LogP contribution is -2.47. The van der Waals surface area contributed by atoms with Crippen LogP contribution in [0.2, 0.25) is 0 Å². The van der Waals surface area contributed by atoms with E-state index >= 15 is 0 Å². The van der Waals surface area contributed by atoms with Crippen LogP contribution in [0.5, 0.6) is 0 Å². The van der Waals surface area contributed by atoms with Crippen molar-refractivity contribution in [3.63, 3.8) is 0 Å². The second-order valence-corrected chi connectivity index (χ2v) is 5.41. The van der Waals surface area contributed by atoms with E-state index in [4.69, 9.17) is 10.5 Å². The van der Waals surface area contributed by atoms with Crippen molar-refractivity contribution in [1.29, 1.82) is 0 Å². The molecule has 1 heterocycles. The Morgan fingerprint density at radius 1 is 1.47 bits per heavy atom. The predicted octanol–water partition coefficient (Wildman–Crippen LogP) is 2.41. The molecular weight excluding hydrogens is 193 g/mol. The minimum Gasteiger partial charge on any atom is -0.375 e. The maximum atomic E-state index is 14.2. The van der Waals surface area contributed by atoms with Crippen LogP contribution >= 0.6 is 0 Å². The normalized spacial score (nSPS) is 34.2. The molecule has 0 aromatic rings. The molecule has 2 N–H and O–H groups in total. The van der Waals surface area contributed by atoms with Gasteiger partial charge in [-0.3, -0.25) is 0 Å². The largest absolute Gasteiger partial charge is 0.375 e. The molecule has 88 valence electrons. The van der Waals surface area contributed by atoms with E-state index < -0.39 is 5.67 Å². The van der Waals surface area contributed by atoms with Crippen LogP contribution in [0, 0.1) is 5.92 Å². The number of rotatable bonds is 2.